The van der Waals surface area contributed by atoms with Gasteiger partial charge < -0.3 is 10.1 Å². The van der Waals surface area contributed by atoms with Crippen LogP contribution in [0.2, 0.25) is 0 Å². The van der Waals surface area contributed by atoms with Crippen molar-refractivity contribution in [1.82, 2.24) is 5.32 Å². The van der Waals surface area contributed by atoms with Gasteiger partial charge in [0.05, 0.1) is 0 Å². The molecule has 24 heavy (non-hydrogen) atoms. The first-order valence-corrected chi connectivity index (χ1v) is 10.3. The van der Waals surface area contributed by atoms with Gasteiger partial charge in [-0.2, -0.15) is 11.8 Å². The minimum Gasteiger partial charge on any atom is -0.481 e. The summed E-state index contributed by atoms with van der Waals surface area (Å²) in [6, 6.07) is 7.96. The molecule has 0 aliphatic heterocycles. The van der Waals surface area contributed by atoms with Crippen LogP contribution >= 0.6 is 11.8 Å². The number of rotatable bonds is 8. The monoisotopic (exact) mass is 349 g/mol. The summed E-state index contributed by atoms with van der Waals surface area (Å²) in [5.74, 6) is 2.15. The molecule has 1 N–H and O–H groups in total. The fraction of sp³-hybridized carbons (Fsp3) is 0.650. The molecule has 0 heterocycles. The van der Waals surface area contributed by atoms with Crippen molar-refractivity contribution in [3.8, 4) is 5.75 Å². The number of amides is 1. The van der Waals surface area contributed by atoms with E-state index < -0.39 is 6.10 Å². The first kappa shape index (κ1) is 19.2. The van der Waals surface area contributed by atoms with Crippen molar-refractivity contribution in [2.75, 3.05) is 12.3 Å². The topological polar surface area (TPSA) is 38.3 Å². The number of thioether (sulfide) groups is 1. The van der Waals surface area contributed by atoms with Gasteiger partial charge in [0.25, 0.3) is 5.91 Å². The SMILES string of the molecule is CC(Oc1ccccc1C(C)C)C(=O)NCCSC1CCCCC1. The van der Waals surface area contributed by atoms with Gasteiger partial charge in [0, 0.05) is 17.5 Å². The summed E-state index contributed by atoms with van der Waals surface area (Å²) in [6.45, 7) is 6.81. The Labute approximate surface area is 150 Å². The molecule has 1 aromatic rings. The van der Waals surface area contributed by atoms with Crippen molar-refractivity contribution in [1.29, 1.82) is 0 Å². The van der Waals surface area contributed by atoms with E-state index >= 15 is 0 Å². The zero-order valence-corrected chi connectivity index (χ0v) is 16.0. The van der Waals surface area contributed by atoms with E-state index in [-0.39, 0.29) is 5.91 Å². The highest BCUT2D eigenvalue weighted by molar-refractivity contribution is 7.99. The first-order chi connectivity index (χ1) is 11.6. The molecular formula is C20H31NO2S. The molecule has 1 atom stereocenters. The third-order valence-corrected chi connectivity index (χ3v) is 5.90. The Bertz CT molecular complexity index is 512. The minimum atomic E-state index is -0.468. The Morgan fingerprint density at radius 3 is 2.62 bits per heavy atom. The highest BCUT2D eigenvalue weighted by Crippen LogP contribution is 2.28. The second-order valence-electron chi connectivity index (χ2n) is 6.87. The van der Waals surface area contributed by atoms with Crippen LogP contribution in [0.3, 0.4) is 0 Å². The van der Waals surface area contributed by atoms with Gasteiger partial charge in [0.1, 0.15) is 5.75 Å². The maximum absolute atomic E-state index is 12.2. The molecule has 2 rings (SSSR count). The van der Waals surface area contributed by atoms with Crippen LogP contribution in [0.5, 0.6) is 5.75 Å². The Morgan fingerprint density at radius 2 is 1.92 bits per heavy atom. The van der Waals surface area contributed by atoms with E-state index in [9.17, 15) is 4.79 Å². The van der Waals surface area contributed by atoms with E-state index in [4.69, 9.17) is 4.74 Å². The van der Waals surface area contributed by atoms with Crippen LogP contribution in [0.25, 0.3) is 0 Å². The van der Waals surface area contributed by atoms with Crippen molar-refractivity contribution in [2.24, 2.45) is 0 Å². The molecule has 0 radical (unpaired) electrons. The van der Waals surface area contributed by atoms with Gasteiger partial charge in [-0.25, -0.2) is 0 Å². The first-order valence-electron chi connectivity index (χ1n) is 9.23. The lowest BCUT2D eigenvalue weighted by Gasteiger charge is -2.21. The molecular weight excluding hydrogens is 318 g/mol. The zero-order valence-electron chi connectivity index (χ0n) is 15.2. The highest BCUT2D eigenvalue weighted by atomic mass is 32.2. The molecule has 1 unspecified atom stereocenters. The number of nitrogens with one attached hydrogen (secondary N) is 1. The number of hydrogen-bond donors (Lipinski definition) is 1. The lowest BCUT2D eigenvalue weighted by Crippen LogP contribution is -2.37. The summed E-state index contributed by atoms with van der Waals surface area (Å²) in [7, 11) is 0. The van der Waals surface area contributed by atoms with Crippen LogP contribution in [0, 0.1) is 0 Å². The number of para-hydroxylation sites is 1. The van der Waals surface area contributed by atoms with Crippen molar-refractivity contribution in [3.63, 3.8) is 0 Å². The number of ether oxygens (including phenoxy) is 1. The normalized spacial score (nSPS) is 16.8. The van der Waals surface area contributed by atoms with E-state index in [1.54, 1.807) is 0 Å². The standard InChI is InChI=1S/C20H31NO2S/c1-15(2)18-11-7-8-12-19(18)23-16(3)20(22)21-13-14-24-17-9-5-4-6-10-17/h7-8,11-12,15-17H,4-6,9-10,13-14H2,1-3H3,(H,21,22). The molecule has 1 aliphatic rings. The van der Waals surface area contributed by atoms with E-state index in [2.05, 4.69) is 25.2 Å². The third-order valence-electron chi connectivity index (χ3n) is 4.52. The second-order valence-corrected chi connectivity index (χ2v) is 8.28. The predicted octanol–water partition coefficient (Wildman–Crippen LogP) is 4.76. The fourth-order valence-electron chi connectivity index (χ4n) is 3.08. The molecule has 0 bridgehead atoms. The number of carbonyl (C=O) groups is 1. The molecule has 3 nitrogen and oxygen atoms in total. The molecule has 1 fully saturated rings. The maximum Gasteiger partial charge on any atom is 0.260 e. The van der Waals surface area contributed by atoms with E-state index in [0.29, 0.717) is 5.92 Å². The summed E-state index contributed by atoms with van der Waals surface area (Å²) in [5.41, 5.74) is 1.14. The van der Waals surface area contributed by atoms with Crippen molar-refractivity contribution < 1.29 is 9.53 Å². The summed E-state index contributed by atoms with van der Waals surface area (Å²) >= 11 is 2.01. The Balaban J connectivity index is 1.72. The average Bonchev–Trinajstić information content (AvgIpc) is 2.59. The molecule has 0 aromatic heterocycles. The van der Waals surface area contributed by atoms with Gasteiger partial charge in [0.2, 0.25) is 0 Å². The van der Waals surface area contributed by atoms with Gasteiger partial charge in [-0.3, -0.25) is 4.79 Å². The Kier molecular flexibility index (Phi) is 7.97. The molecule has 0 spiro atoms. The Hall–Kier alpha value is -1.16. The van der Waals surface area contributed by atoms with Gasteiger partial charge in [-0.05, 0) is 37.3 Å². The van der Waals surface area contributed by atoms with E-state index in [1.165, 1.54) is 32.1 Å². The quantitative estimate of drug-likeness (QED) is 0.688. The molecule has 4 heteroatoms. The highest BCUT2D eigenvalue weighted by Gasteiger charge is 2.17. The molecule has 1 saturated carbocycles. The summed E-state index contributed by atoms with van der Waals surface area (Å²) in [5, 5.41) is 3.80. The van der Waals surface area contributed by atoms with Gasteiger partial charge in [-0.1, -0.05) is 51.3 Å². The lowest BCUT2D eigenvalue weighted by molar-refractivity contribution is -0.127. The summed E-state index contributed by atoms with van der Waals surface area (Å²) < 4.78 is 5.90. The predicted molar refractivity (Wildman–Crippen MR) is 103 cm³/mol. The number of benzene rings is 1. The molecule has 1 aliphatic carbocycles. The van der Waals surface area contributed by atoms with Crippen molar-refractivity contribution in [3.05, 3.63) is 29.8 Å². The van der Waals surface area contributed by atoms with Crippen LogP contribution in [-0.2, 0) is 4.79 Å². The smallest absolute Gasteiger partial charge is 0.260 e. The molecule has 1 amide bonds. The molecule has 0 saturated heterocycles. The summed E-state index contributed by atoms with van der Waals surface area (Å²) in [4.78, 5) is 12.2. The number of hydrogen-bond acceptors (Lipinski definition) is 3. The van der Waals surface area contributed by atoms with Crippen LogP contribution in [-0.4, -0.2) is 29.6 Å². The van der Waals surface area contributed by atoms with Crippen LogP contribution in [0.1, 0.15) is 64.4 Å². The molecule has 1 aromatic carbocycles. The van der Waals surface area contributed by atoms with E-state index in [1.807, 2.05) is 36.9 Å². The van der Waals surface area contributed by atoms with Crippen LogP contribution in [0.4, 0.5) is 0 Å². The Morgan fingerprint density at radius 1 is 1.21 bits per heavy atom. The zero-order chi connectivity index (χ0) is 17.4. The van der Waals surface area contributed by atoms with Gasteiger partial charge >= 0.3 is 0 Å². The lowest BCUT2D eigenvalue weighted by atomic mass is 10.0. The van der Waals surface area contributed by atoms with E-state index in [0.717, 1.165) is 28.9 Å². The minimum absolute atomic E-state index is 0.0298. The van der Waals surface area contributed by atoms with Crippen LogP contribution in [0.15, 0.2) is 24.3 Å². The maximum atomic E-state index is 12.2. The fourth-order valence-corrected chi connectivity index (χ4v) is 4.30. The molecule has 134 valence electrons. The number of carbonyl (C=O) groups excluding carboxylic acids is 1. The van der Waals surface area contributed by atoms with Crippen LogP contribution < -0.4 is 10.1 Å². The average molecular weight is 350 g/mol. The van der Waals surface area contributed by atoms with Gasteiger partial charge in [0.15, 0.2) is 6.10 Å². The summed E-state index contributed by atoms with van der Waals surface area (Å²) in [6.07, 6.45) is 6.33. The third kappa shape index (κ3) is 6.04. The largest absolute Gasteiger partial charge is 0.481 e. The van der Waals surface area contributed by atoms with Gasteiger partial charge in [-0.15, -0.1) is 0 Å². The second kappa shape index (κ2) is 9.97. The van der Waals surface area contributed by atoms with Crippen molar-refractivity contribution >= 4 is 17.7 Å². The van der Waals surface area contributed by atoms with Crippen molar-refractivity contribution in [2.45, 2.75) is 70.1 Å².